The van der Waals surface area contributed by atoms with E-state index >= 15 is 0 Å². The summed E-state index contributed by atoms with van der Waals surface area (Å²) < 4.78 is 8.68. The molecule has 0 aliphatic heterocycles. The van der Waals surface area contributed by atoms with Crippen LogP contribution < -0.4 is 16.2 Å². The summed E-state index contributed by atoms with van der Waals surface area (Å²) in [6.45, 7) is 3.78. The summed E-state index contributed by atoms with van der Waals surface area (Å²) >= 11 is 0. The standard InChI is InChI=1S/C15H21N3O2/c1-3-6-17-7-8-18(15(17)19)11-12-4-5-14(20-2)13(9-12)10-16/h4-5,7-9H,3,6,10-11,16H2,1-2H3. The lowest BCUT2D eigenvalue weighted by atomic mass is 10.1. The van der Waals surface area contributed by atoms with Crippen LogP contribution in [0.15, 0.2) is 35.4 Å². The first-order valence-corrected chi connectivity index (χ1v) is 6.81. The van der Waals surface area contributed by atoms with Gasteiger partial charge in [0, 0.05) is 31.0 Å². The van der Waals surface area contributed by atoms with Crippen molar-refractivity contribution in [1.29, 1.82) is 0 Å². The van der Waals surface area contributed by atoms with Gasteiger partial charge in [-0.1, -0.05) is 13.0 Å². The SMILES string of the molecule is CCCn1ccn(Cc2ccc(OC)c(CN)c2)c1=O. The highest BCUT2D eigenvalue weighted by Crippen LogP contribution is 2.19. The predicted molar refractivity (Wildman–Crippen MR) is 79.0 cm³/mol. The predicted octanol–water partition coefficient (Wildman–Crippen LogP) is 1.58. The number of hydrogen-bond donors (Lipinski definition) is 1. The maximum atomic E-state index is 12.1. The number of aromatic nitrogens is 2. The van der Waals surface area contributed by atoms with Gasteiger partial charge >= 0.3 is 5.69 Å². The Morgan fingerprint density at radius 2 is 2.00 bits per heavy atom. The van der Waals surface area contributed by atoms with Crippen molar-refractivity contribution in [3.05, 3.63) is 52.2 Å². The molecule has 5 heteroatoms. The molecule has 2 aromatic rings. The number of aryl methyl sites for hydroxylation is 1. The molecule has 0 radical (unpaired) electrons. The van der Waals surface area contributed by atoms with E-state index in [9.17, 15) is 4.79 Å². The largest absolute Gasteiger partial charge is 0.496 e. The molecular weight excluding hydrogens is 254 g/mol. The molecule has 2 N–H and O–H groups in total. The van der Waals surface area contributed by atoms with Gasteiger partial charge in [-0.15, -0.1) is 0 Å². The van der Waals surface area contributed by atoms with Crippen LogP contribution in [0.4, 0.5) is 0 Å². The second-order valence-corrected chi connectivity index (χ2v) is 4.75. The van der Waals surface area contributed by atoms with Gasteiger partial charge in [0.15, 0.2) is 0 Å². The van der Waals surface area contributed by atoms with E-state index < -0.39 is 0 Å². The number of rotatable bonds is 6. The number of hydrogen-bond acceptors (Lipinski definition) is 3. The van der Waals surface area contributed by atoms with Crippen LogP contribution in [0.2, 0.25) is 0 Å². The van der Waals surface area contributed by atoms with Crippen molar-refractivity contribution in [2.45, 2.75) is 33.0 Å². The maximum absolute atomic E-state index is 12.1. The molecule has 20 heavy (non-hydrogen) atoms. The molecule has 0 saturated carbocycles. The molecule has 1 aromatic heterocycles. The molecule has 0 aliphatic rings. The van der Waals surface area contributed by atoms with Gasteiger partial charge in [-0.3, -0.25) is 9.13 Å². The maximum Gasteiger partial charge on any atom is 0.328 e. The molecule has 0 unspecified atom stereocenters. The summed E-state index contributed by atoms with van der Waals surface area (Å²) in [6, 6.07) is 5.84. The van der Waals surface area contributed by atoms with Crippen molar-refractivity contribution in [3.63, 3.8) is 0 Å². The first-order chi connectivity index (χ1) is 9.69. The van der Waals surface area contributed by atoms with Crippen LogP contribution in [0.25, 0.3) is 0 Å². The van der Waals surface area contributed by atoms with Crippen LogP contribution >= 0.6 is 0 Å². The first-order valence-electron chi connectivity index (χ1n) is 6.81. The van der Waals surface area contributed by atoms with E-state index in [0.717, 1.165) is 29.8 Å². The average molecular weight is 275 g/mol. The fourth-order valence-electron chi connectivity index (χ4n) is 2.27. The van der Waals surface area contributed by atoms with E-state index in [1.807, 2.05) is 30.6 Å². The van der Waals surface area contributed by atoms with Crippen LogP contribution in [0.3, 0.4) is 0 Å². The van der Waals surface area contributed by atoms with Gasteiger partial charge in [-0.2, -0.15) is 0 Å². The van der Waals surface area contributed by atoms with Crippen LogP contribution in [-0.4, -0.2) is 16.2 Å². The Morgan fingerprint density at radius 1 is 1.25 bits per heavy atom. The third kappa shape index (κ3) is 2.93. The molecule has 2 rings (SSSR count). The van der Waals surface area contributed by atoms with E-state index in [-0.39, 0.29) is 5.69 Å². The van der Waals surface area contributed by atoms with Gasteiger partial charge in [-0.25, -0.2) is 4.79 Å². The monoisotopic (exact) mass is 275 g/mol. The minimum absolute atomic E-state index is 0.0250. The van der Waals surface area contributed by atoms with Crippen molar-refractivity contribution in [3.8, 4) is 5.75 Å². The van der Waals surface area contributed by atoms with Gasteiger partial charge in [0.25, 0.3) is 0 Å². The lowest BCUT2D eigenvalue weighted by molar-refractivity contribution is 0.409. The van der Waals surface area contributed by atoms with Gasteiger partial charge in [0.1, 0.15) is 5.75 Å². The van der Waals surface area contributed by atoms with E-state index in [0.29, 0.717) is 13.1 Å². The Balaban J connectivity index is 2.24. The summed E-state index contributed by atoms with van der Waals surface area (Å²) in [5.74, 6) is 0.784. The second kappa shape index (κ2) is 6.43. The molecule has 0 spiro atoms. The number of benzene rings is 1. The van der Waals surface area contributed by atoms with Crippen LogP contribution in [0.1, 0.15) is 24.5 Å². The minimum atomic E-state index is 0.0250. The smallest absolute Gasteiger partial charge is 0.328 e. The van der Waals surface area contributed by atoms with Gasteiger partial charge in [0.2, 0.25) is 0 Å². The lowest BCUT2D eigenvalue weighted by Gasteiger charge is -2.09. The minimum Gasteiger partial charge on any atom is -0.496 e. The summed E-state index contributed by atoms with van der Waals surface area (Å²) in [5, 5.41) is 0. The van der Waals surface area contributed by atoms with E-state index in [1.54, 1.807) is 16.2 Å². The molecule has 0 bridgehead atoms. The van der Waals surface area contributed by atoms with Crippen molar-refractivity contribution < 1.29 is 4.74 Å². The molecule has 108 valence electrons. The summed E-state index contributed by atoms with van der Waals surface area (Å²) in [4.78, 5) is 12.1. The van der Waals surface area contributed by atoms with Crippen molar-refractivity contribution in [2.75, 3.05) is 7.11 Å². The lowest BCUT2D eigenvalue weighted by Crippen LogP contribution is -2.24. The Morgan fingerprint density at radius 3 is 2.65 bits per heavy atom. The highest BCUT2D eigenvalue weighted by molar-refractivity contribution is 5.37. The zero-order valence-electron chi connectivity index (χ0n) is 12.0. The normalized spacial score (nSPS) is 10.8. The van der Waals surface area contributed by atoms with Crippen molar-refractivity contribution >= 4 is 0 Å². The van der Waals surface area contributed by atoms with E-state index in [2.05, 4.69) is 6.92 Å². The molecule has 0 amide bonds. The van der Waals surface area contributed by atoms with E-state index in [4.69, 9.17) is 10.5 Å². The fraction of sp³-hybridized carbons (Fsp3) is 0.400. The molecule has 0 fully saturated rings. The average Bonchev–Trinajstić information content (AvgIpc) is 2.80. The van der Waals surface area contributed by atoms with Crippen molar-refractivity contribution in [2.24, 2.45) is 5.73 Å². The highest BCUT2D eigenvalue weighted by Gasteiger charge is 2.06. The third-order valence-electron chi connectivity index (χ3n) is 3.30. The Labute approximate surface area is 118 Å². The Kier molecular flexibility index (Phi) is 4.63. The zero-order valence-corrected chi connectivity index (χ0v) is 12.0. The Hall–Kier alpha value is -2.01. The molecular formula is C15H21N3O2. The van der Waals surface area contributed by atoms with Crippen LogP contribution in [0, 0.1) is 0 Å². The molecule has 0 atom stereocenters. The highest BCUT2D eigenvalue weighted by atomic mass is 16.5. The molecule has 1 heterocycles. The van der Waals surface area contributed by atoms with Gasteiger partial charge in [-0.05, 0) is 24.1 Å². The number of imidazole rings is 1. The fourth-order valence-corrected chi connectivity index (χ4v) is 2.27. The van der Waals surface area contributed by atoms with Crippen LogP contribution in [-0.2, 0) is 19.6 Å². The molecule has 0 saturated heterocycles. The summed E-state index contributed by atoms with van der Waals surface area (Å²) in [7, 11) is 1.63. The zero-order chi connectivity index (χ0) is 14.5. The number of methoxy groups -OCH3 is 1. The van der Waals surface area contributed by atoms with Crippen molar-refractivity contribution in [1.82, 2.24) is 9.13 Å². The third-order valence-corrected chi connectivity index (χ3v) is 3.30. The Bertz CT molecular complexity index is 628. The summed E-state index contributed by atoms with van der Waals surface area (Å²) in [5.41, 5.74) is 7.73. The first kappa shape index (κ1) is 14.4. The molecule has 0 aliphatic carbocycles. The van der Waals surface area contributed by atoms with Crippen LogP contribution in [0.5, 0.6) is 5.75 Å². The van der Waals surface area contributed by atoms with Gasteiger partial charge < -0.3 is 10.5 Å². The number of nitrogens with two attached hydrogens (primary N) is 1. The quantitative estimate of drug-likeness (QED) is 0.870. The molecule has 1 aromatic carbocycles. The second-order valence-electron chi connectivity index (χ2n) is 4.75. The topological polar surface area (TPSA) is 62.2 Å². The number of ether oxygens (including phenoxy) is 1. The number of nitrogens with zero attached hydrogens (tertiary/aromatic N) is 2. The molecule has 5 nitrogen and oxygen atoms in total. The van der Waals surface area contributed by atoms with Gasteiger partial charge in [0.05, 0.1) is 13.7 Å². The van der Waals surface area contributed by atoms with E-state index in [1.165, 1.54) is 0 Å². The summed E-state index contributed by atoms with van der Waals surface area (Å²) in [6.07, 6.45) is 4.60.